The fraction of sp³-hybridized carbons (Fsp3) is 0.381. The van der Waals surface area contributed by atoms with Gasteiger partial charge in [0, 0.05) is 9.92 Å². The van der Waals surface area contributed by atoms with Gasteiger partial charge in [0.2, 0.25) is 5.91 Å². The van der Waals surface area contributed by atoms with Crippen LogP contribution in [0.5, 0.6) is 0 Å². The van der Waals surface area contributed by atoms with Crippen molar-refractivity contribution in [2.45, 2.75) is 56.7 Å². The Bertz CT molecular complexity index is 714. The number of hydrogen-bond donors (Lipinski definition) is 1. The monoisotopic (exact) mass is 375 g/mol. The van der Waals surface area contributed by atoms with Gasteiger partial charge in [-0.15, -0.1) is 11.8 Å². The Kier molecular flexibility index (Phi) is 7.39. The van der Waals surface area contributed by atoms with Crippen LogP contribution in [-0.4, -0.2) is 11.2 Å². The number of halogens is 1. The zero-order valence-electron chi connectivity index (χ0n) is 15.3. The maximum absolute atomic E-state index is 12.8. The van der Waals surface area contributed by atoms with Crippen LogP contribution in [-0.2, 0) is 4.79 Å². The van der Waals surface area contributed by atoms with E-state index in [1.165, 1.54) is 16.7 Å². The number of nitrogens with one attached hydrogen (secondary N) is 1. The van der Waals surface area contributed by atoms with Crippen LogP contribution in [0.25, 0.3) is 0 Å². The Morgan fingerprint density at radius 1 is 1.04 bits per heavy atom. The summed E-state index contributed by atoms with van der Waals surface area (Å²) in [6.45, 7) is 8.37. The lowest BCUT2D eigenvalue weighted by Gasteiger charge is -2.22. The summed E-state index contributed by atoms with van der Waals surface area (Å²) >= 11 is 7.52. The Morgan fingerprint density at radius 2 is 1.72 bits per heavy atom. The number of hydrogen-bond acceptors (Lipinski definition) is 2. The van der Waals surface area contributed by atoms with Crippen LogP contribution in [0.4, 0.5) is 0 Å². The fourth-order valence-electron chi connectivity index (χ4n) is 2.67. The summed E-state index contributed by atoms with van der Waals surface area (Å²) in [5.74, 6) is 0.0903. The standard InChI is InChI=1S/C21H26ClNOS/c1-5-19(16-8-7-14(3)15(4)13-16)23-21(24)20(6-2)25-18-11-9-17(22)10-12-18/h7-13,19-20H,5-6H2,1-4H3,(H,23,24)/t19-,20+/m0/s1. The topological polar surface area (TPSA) is 29.1 Å². The van der Waals surface area contributed by atoms with Gasteiger partial charge in [-0.1, -0.05) is 43.6 Å². The van der Waals surface area contributed by atoms with Crippen molar-refractivity contribution in [1.82, 2.24) is 5.32 Å². The molecule has 0 fully saturated rings. The number of carbonyl (C=O) groups excluding carboxylic acids is 1. The molecule has 2 aromatic rings. The number of thioether (sulfide) groups is 1. The second-order valence-electron chi connectivity index (χ2n) is 6.28. The molecule has 2 atom stereocenters. The molecule has 0 aliphatic rings. The SMILES string of the molecule is CC[C@H](NC(=O)[C@@H](CC)Sc1ccc(Cl)cc1)c1ccc(C)c(C)c1. The van der Waals surface area contributed by atoms with Crippen LogP contribution in [0.15, 0.2) is 47.4 Å². The van der Waals surface area contributed by atoms with Crippen LogP contribution in [0.2, 0.25) is 5.02 Å². The molecule has 25 heavy (non-hydrogen) atoms. The van der Waals surface area contributed by atoms with Crippen molar-refractivity contribution in [2.75, 3.05) is 0 Å². The molecular formula is C21H26ClNOS. The summed E-state index contributed by atoms with van der Waals surface area (Å²) in [6.07, 6.45) is 1.65. The number of amides is 1. The minimum Gasteiger partial charge on any atom is -0.348 e. The highest BCUT2D eigenvalue weighted by molar-refractivity contribution is 8.00. The predicted molar refractivity (Wildman–Crippen MR) is 108 cm³/mol. The Morgan fingerprint density at radius 3 is 2.28 bits per heavy atom. The molecule has 0 saturated carbocycles. The molecule has 1 N–H and O–H groups in total. The van der Waals surface area contributed by atoms with E-state index in [2.05, 4.69) is 44.3 Å². The van der Waals surface area contributed by atoms with E-state index < -0.39 is 0 Å². The fourth-order valence-corrected chi connectivity index (χ4v) is 3.76. The van der Waals surface area contributed by atoms with E-state index in [4.69, 9.17) is 11.6 Å². The van der Waals surface area contributed by atoms with Gasteiger partial charge in [0.1, 0.15) is 0 Å². The summed E-state index contributed by atoms with van der Waals surface area (Å²) in [5.41, 5.74) is 3.70. The summed E-state index contributed by atoms with van der Waals surface area (Å²) < 4.78 is 0. The smallest absolute Gasteiger partial charge is 0.233 e. The molecular weight excluding hydrogens is 350 g/mol. The van der Waals surface area contributed by atoms with Crippen LogP contribution in [0.1, 0.15) is 49.4 Å². The van der Waals surface area contributed by atoms with Crippen LogP contribution in [0, 0.1) is 13.8 Å². The lowest BCUT2D eigenvalue weighted by Crippen LogP contribution is -2.35. The van der Waals surface area contributed by atoms with Crippen LogP contribution >= 0.6 is 23.4 Å². The molecule has 0 aromatic heterocycles. The zero-order valence-corrected chi connectivity index (χ0v) is 16.9. The minimum absolute atomic E-state index is 0.0478. The summed E-state index contributed by atoms with van der Waals surface area (Å²) in [5, 5.41) is 3.83. The van der Waals surface area contributed by atoms with Crippen molar-refractivity contribution in [3.8, 4) is 0 Å². The average molecular weight is 376 g/mol. The van der Waals surface area contributed by atoms with Gasteiger partial charge in [0.05, 0.1) is 11.3 Å². The van der Waals surface area contributed by atoms with E-state index in [1.807, 2.05) is 31.2 Å². The van der Waals surface area contributed by atoms with Gasteiger partial charge in [-0.3, -0.25) is 4.79 Å². The van der Waals surface area contributed by atoms with E-state index in [1.54, 1.807) is 11.8 Å². The molecule has 134 valence electrons. The maximum Gasteiger partial charge on any atom is 0.233 e. The van der Waals surface area contributed by atoms with E-state index in [9.17, 15) is 4.79 Å². The van der Waals surface area contributed by atoms with Crippen molar-refractivity contribution in [1.29, 1.82) is 0 Å². The third-order valence-electron chi connectivity index (χ3n) is 4.41. The van der Waals surface area contributed by atoms with Gasteiger partial charge in [-0.05, 0) is 67.6 Å². The van der Waals surface area contributed by atoms with Crippen LogP contribution in [0.3, 0.4) is 0 Å². The van der Waals surface area contributed by atoms with E-state index in [-0.39, 0.29) is 17.2 Å². The molecule has 0 bridgehead atoms. The summed E-state index contributed by atoms with van der Waals surface area (Å²) in [7, 11) is 0. The highest BCUT2D eigenvalue weighted by Gasteiger charge is 2.21. The summed E-state index contributed by atoms with van der Waals surface area (Å²) in [6, 6.07) is 14.1. The molecule has 0 unspecified atom stereocenters. The first-order valence-corrected chi connectivity index (χ1v) is 10.00. The largest absolute Gasteiger partial charge is 0.348 e. The van der Waals surface area contributed by atoms with Gasteiger partial charge >= 0.3 is 0 Å². The quantitative estimate of drug-likeness (QED) is 0.593. The molecule has 0 radical (unpaired) electrons. The van der Waals surface area contributed by atoms with Crippen molar-refractivity contribution in [3.05, 3.63) is 64.2 Å². The molecule has 0 saturated heterocycles. The first kappa shape index (κ1) is 19.9. The predicted octanol–water partition coefficient (Wildman–Crippen LogP) is 6.10. The number of benzene rings is 2. The van der Waals surface area contributed by atoms with Gasteiger partial charge in [-0.25, -0.2) is 0 Å². The van der Waals surface area contributed by atoms with Gasteiger partial charge < -0.3 is 5.32 Å². The zero-order chi connectivity index (χ0) is 18.4. The lowest BCUT2D eigenvalue weighted by molar-refractivity contribution is -0.121. The Balaban J connectivity index is 2.08. The normalized spacial score (nSPS) is 13.3. The lowest BCUT2D eigenvalue weighted by atomic mass is 9.99. The average Bonchev–Trinajstić information content (AvgIpc) is 2.61. The molecule has 0 heterocycles. The second kappa shape index (κ2) is 9.30. The highest BCUT2D eigenvalue weighted by Crippen LogP contribution is 2.28. The third kappa shape index (κ3) is 5.52. The third-order valence-corrected chi connectivity index (χ3v) is 6.04. The number of aryl methyl sites for hydroxylation is 2. The number of rotatable bonds is 7. The van der Waals surface area contributed by atoms with Gasteiger partial charge in [-0.2, -0.15) is 0 Å². The molecule has 0 spiro atoms. The number of carbonyl (C=O) groups is 1. The molecule has 2 aromatic carbocycles. The molecule has 2 nitrogen and oxygen atoms in total. The molecule has 1 amide bonds. The molecule has 4 heteroatoms. The van der Waals surface area contributed by atoms with Gasteiger partial charge in [0.25, 0.3) is 0 Å². The molecule has 0 aliphatic carbocycles. The van der Waals surface area contributed by atoms with Gasteiger partial charge in [0.15, 0.2) is 0 Å². The van der Waals surface area contributed by atoms with Crippen LogP contribution < -0.4 is 5.32 Å². The second-order valence-corrected chi connectivity index (χ2v) is 7.99. The maximum atomic E-state index is 12.8. The van der Waals surface area contributed by atoms with Crippen molar-refractivity contribution >= 4 is 29.3 Å². The van der Waals surface area contributed by atoms with Crippen molar-refractivity contribution in [3.63, 3.8) is 0 Å². The highest BCUT2D eigenvalue weighted by atomic mass is 35.5. The summed E-state index contributed by atoms with van der Waals surface area (Å²) in [4.78, 5) is 13.8. The van der Waals surface area contributed by atoms with Crippen molar-refractivity contribution in [2.24, 2.45) is 0 Å². The Labute approximate surface area is 160 Å². The minimum atomic E-state index is -0.109. The molecule has 0 aliphatic heterocycles. The molecule has 2 rings (SSSR count). The van der Waals surface area contributed by atoms with E-state index in [0.717, 1.165) is 17.7 Å². The van der Waals surface area contributed by atoms with E-state index in [0.29, 0.717) is 5.02 Å². The first-order chi connectivity index (χ1) is 11.9. The first-order valence-electron chi connectivity index (χ1n) is 8.74. The van der Waals surface area contributed by atoms with E-state index >= 15 is 0 Å². The van der Waals surface area contributed by atoms with Crippen molar-refractivity contribution < 1.29 is 4.79 Å². The Hall–Kier alpha value is -1.45.